The van der Waals surface area contributed by atoms with Gasteiger partial charge in [-0.15, -0.1) is 5.10 Å². The van der Waals surface area contributed by atoms with Crippen LogP contribution < -0.4 is 0 Å². The van der Waals surface area contributed by atoms with Gasteiger partial charge in [0, 0.05) is 7.05 Å². The van der Waals surface area contributed by atoms with Crippen molar-refractivity contribution in [2.75, 3.05) is 7.05 Å². The van der Waals surface area contributed by atoms with E-state index in [9.17, 15) is 4.79 Å². The van der Waals surface area contributed by atoms with Gasteiger partial charge in [0.1, 0.15) is 12.1 Å². The first-order valence-corrected chi connectivity index (χ1v) is 6.90. The molecule has 6 heteroatoms. The quantitative estimate of drug-likeness (QED) is 0.742. The maximum atomic E-state index is 12.3. The van der Waals surface area contributed by atoms with Gasteiger partial charge in [-0.25, -0.2) is 9.67 Å². The molecule has 112 valence electrons. The molecule has 0 N–H and O–H groups in total. The number of aromatic nitrogens is 3. The first-order chi connectivity index (χ1) is 10.6. The van der Waals surface area contributed by atoms with Crippen molar-refractivity contribution in [1.82, 2.24) is 19.7 Å². The normalized spacial score (nSPS) is 10.6. The van der Waals surface area contributed by atoms with Crippen LogP contribution in [0.25, 0.3) is 5.69 Å². The van der Waals surface area contributed by atoms with Crippen molar-refractivity contribution in [3.05, 3.63) is 66.1 Å². The molecule has 0 unspecified atom stereocenters. The molecule has 0 radical (unpaired) electrons. The number of amides is 1. The van der Waals surface area contributed by atoms with E-state index in [0.29, 0.717) is 12.3 Å². The maximum absolute atomic E-state index is 12.3. The van der Waals surface area contributed by atoms with E-state index in [0.717, 1.165) is 11.3 Å². The Morgan fingerprint density at radius 2 is 2.09 bits per heavy atom. The molecule has 2 aromatic heterocycles. The van der Waals surface area contributed by atoms with E-state index in [-0.39, 0.29) is 11.7 Å². The third-order valence-electron chi connectivity index (χ3n) is 3.37. The lowest BCUT2D eigenvalue weighted by Crippen LogP contribution is -2.27. The Morgan fingerprint density at radius 1 is 1.27 bits per heavy atom. The molecular weight excluding hydrogens is 280 g/mol. The lowest BCUT2D eigenvalue weighted by Gasteiger charge is -2.13. The summed E-state index contributed by atoms with van der Waals surface area (Å²) in [5, 5.41) is 4.28. The van der Waals surface area contributed by atoms with Crippen LogP contribution in [0, 0.1) is 6.92 Å². The minimum Gasteiger partial charge on any atom is -0.467 e. The topological polar surface area (TPSA) is 64.2 Å². The SMILES string of the molecule is Cc1ccccc1-n1cnc(C(=O)N(C)Cc2ccco2)n1. The fourth-order valence-electron chi connectivity index (χ4n) is 2.18. The van der Waals surface area contributed by atoms with Gasteiger partial charge in [0.2, 0.25) is 5.82 Å². The zero-order valence-electron chi connectivity index (χ0n) is 12.4. The lowest BCUT2D eigenvalue weighted by molar-refractivity contribution is 0.0763. The highest BCUT2D eigenvalue weighted by molar-refractivity contribution is 5.90. The van der Waals surface area contributed by atoms with Crippen molar-refractivity contribution in [3.63, 3.8) is 0 Å². The molecule has 3 aromatic rings. The monoisotopic (exact) mass is 296 g/mol. The van der Waals surface area contributed by atoms with Gasteiger partial charge in [-0.05, 0) is 30.7 Å². The average Bonchev–Trinajstić information content (AvgIpc) is 3.18. The van der Waals surface area contributed by atoms with Gasteiger partial charge in [-0.2, -0.15) is 0 Å². The third-order valence-corrected chi connectivity index (χ3v) is 3.37. The molecule has 0 atom stereocenters. The standard InChI is InChI=1S/C16H16N4O2/c1-12-6-3-4-8-14(12)20-11-17-15(18-20)16(21)19(2)10-13-7-5-9-22-13/h3-9,11H,10H2,1-2H3. The first kappa shape index (κ1) is 14.1. The Kier molecular flexibility index (Phi) is 3.74. The van der Waals surface area contributed by atoms with Crippen molar-refractivity contribution in [2.24, 2.45) is 0 Å². The van der Waals surface area contributed by atoms with E-state index < -0.39 is 0 Å². The highest BCUT2D eigenvalue weighted by Crippen LogP contribution is 2.12. The van der Waals surface area contributed by atoms with Crippen LogP contribution in [-0.2, 0) is 6.54 Å². The lowest BCUT2D eigenvalue weighted by atomic mass is 10.2. The van der Waals surface area contributed by atoms with E-state index in [4.69, 9.17) is 4.42 Å². The molecule has 2 heterocycles. The van der Waals surface area contributed by atoms with Crippen molar-refractivity contribution >= 4 is 5.91 Å². The largest absolute Gasteiger partial charge is 0.467 e. The van der Waals surface area contributed by atoms with Crippen LogP contribution in [-0.4, -0.2) is 32.6 Å². The van der Waals surface area contributed by atoms with Crippen LogP contribution in [0.2, 0.25) is 0 Å². The van der Waals surface area contributed by atoms with Gasteiger partial charge in [0.25, 0.3) is 5.91 Å². The van der Waals surface area contributed by atoms with Crippen LogP contribution in [0.15, 0.2) is 53.4 Å². The molecule has 6 nitrogen and oxygen atoms in total. The summed E-state index contributed by atoms with van der Waals surface area (Å²) in [6.45, 7) is 2.37. The van der Waals surface area contributed by atoms with Crippen molar-refractivity contribution in [3.8, 4) is 5.69 Å². The summed E-state index contributed by atoms with van der Waals surface area (Å²) >= 11 is 0. The molecule has 3 rings (SSSR count). The van der Waals surface area contributed by atoms with Gasteiger partial charge in [-0.3, -0.25) is 4.79 Å². The highest BCUT2D eigenvalue weighted by atomic mass is 16.3. The third kappa shape index (κ3) is 2.76. The van der Waals surface area contributed by atoms with Gasteiger partial charge in [0.05, 0.1) is 18.5 Å². The summed E-state index contributed by atoms with van der Waals surface area (Å²) in [4.78, 5) is 18.0. The molecule has 1 amide bonds. The van der Waals surface area contributed by atoms with Gasteiger partial charge in [0.15, 0.2) is 0 Å². The number of aryl methyl sites for hydroxylation is 1. The molecule has 0 saturated carbocycles. The molecule has 1 aromatic carbocycles. The van der Waals surface area contributed by atoms with Crippen LogP contribution >= 0.6 is 0 Å². The first-order valence-electron chi connectivity index (χ1n) is 6.90. The van der Waals surface area contributed by atoms with Crippen molar-refractivity contribution in [1.29, 1.82) is 0 Å². The summed E-state index contributed by atoms with van der Waals surface area (Å²) in [7, 11) is 1.69. The van der Waals surface area contributed by atoms with Crippen LogP contribution in [0.5, 0.6) is 0 Å². The average molecular weight is 296 g/mol. The number of rotatable bonds is 4. The second-order valence-corrected chi connectivity index (χ2v) is 5.04. The maximum Gasteiger partial charge on any atom is 0.293 e. The second kappa shape index (κ2) is 5.85. The number of carbonyl (C=O) groups is 1. The molecular formula is C16H16N4O2. The number of nitrogens with zero attached hydrogens (tertiary/aromatic N) is 4. The Bertz CT molecular complexity index is 777. The number of carbonyl (C=O) groups excluding carboxylic acids is 1. The van der Waals surface area contributed by atoms with E-state index >= 15 is 0 Å². The summed E-state index contributed by atoms with van der Waals surface area (Å²) in [6.07, 6.45) is 3.13. The fourth-order valence-corrected chi connectivity index (χ4v) is 2.18. The zero-order chi connectivity index (χ0) is 15.5. The van der Waals surface area contributed by atoms with Crippen LogP contribution in [0.4, 0.5) is 0 Å². The second-order valence-electron chi connectivity index (χ2n) is 5.04. The fraction of sp³-hybridized carbons (Fsp3) is 0.188. The smallest absolute Gasteiger partial charge is 0.293 e. The minimum absolute atomic E-state index is 0.164. The number of hydrogen-bond donors (Lipinski definition) is 0. The van der Waals surface area contributed by atoms with E-state index in [1.807, 2.05) is 37.3 Å². The highest BCUT2D eigenvalue weighted by Gasteiger charge is 2.18. The van der Waals surface area contributed by atoms with E-state index in [1.165, 1.54) is 4.90 Å². The Hall–Kier alpha value is -2.89. The van der Waals surface area contributed by atoms with Crippen LogP contribution in [0.3, 0.4) is 0 Å². The Morgan fingerprint density at radius 3 is 2.82 bits per heavy atom. The van der Waals surface area contributed by atoms with Crippen molar-refractivity contribution < 1.29 is 9.21 Å². The molecule has 22 heavy (non-hydrogen) atoms. The molecule has 0 aliphatic heterocycles. The zero-order valence-corrected chi connectivity index (χ0v) is 12.4. The minimum atomic E-state index is -0.247. The predicted molar refractivity (Wildman–Crippen MR) is 80.6 cm³/mol. The summed E-state index contributed by atoms with van der Waals surface area (Å²) in [5.74, 6) is 0.634. The van der Waals surface area contributed by atoms with Crippen LogP contribution in [0.1, 0.15) is 21.9 Å². The molecule has 0 aliphatic carbocycles. The molecule has 0 spiro atoms. The molecule has 0 fully saturated rings. The number of benzene rings is 1. The summed E-state index contributed by atoms with van der Waals surface area (Å²) in [5.41, 5.74) is 1.97. The van der Waals surface area contributed by atoms with Gasteiger partial charge < -0.3 is 9.32 Å². The Balaban J connectivity index is 1.78. The van der Waals surface area contributed by atoms with Gasteiger partial charge >= 0.3 is 0 Å². The predicted octanol–water partition coefficient (Wildman–Crippen LogP) is 2.44. The summed E-state index contributed by atoms with van der Waals surface area (Å²) < 4.78 is 6.85. The summed E-state index contributed by atoms with van der Waals surface area (Å²) in [6, 6.07) is 11.4. The Labute approximate surface area is 128 Å². The van der Waals surface area contributed by atoms with E-state index in [2.05, 4.69) is 10.1 Å². The molecule has 0 saturated heterocycles. The van der Waals surface area contributed by atoms with E-state index in [1.54, 1.807) is 30.4 Å². The number of hydrogen-bond acceptors (Lipinski definition) is 4. The van der Waals surface area contributed by atoms with Crippen molar-refractivity contribution in [2.45, 2.75) is 13.5 Å². The molecule has 0 bridgehead atoms. The van der Waals surface area contributed by atoms with Gasteiger partial charge in [-0.1, -0.05) is 18.2 Å². The molecule has 0 aliphatic rings. The number of para-hydroxylation sites is 1. The number of furan rings is 1.